The standard InChI is InChI=1S/C14H13FN4S/c1-7-13(20-8(2)17-7)12-11(14(16)19-18-12)9-5-3-4-6-10(9)15/h3-6H,1-2H3,(H3,16,18,19). The molecule has 0 atom stereocenters. The second kappa shape index (κ2) is 4.72. The Morgan fingerprint density at radius 2 is 2.00 bits per heavy atom. The highest BCUT2D eigenvalue weighted by atomic mass is 32.1. The van der Waals surface area contributed by atoms with E-state index in [1.165, 1.54) is 17.4 Å². The van der Waals surface area contributed by atoms with Gasteiger partial charge in [0, 0.05) is 5.56 Å². The highest BCUT2D eigenvalue weighted by Crippen LogP contribution is 2.39. The predicted octanol–water partition coefficient (Wildman–Crippen LogP) is 3.54. The second-order valence-electron chi connectivity index (χ2n) is 4.49. The van der Waals surface area contributed by atoms with Gasteiger partial charge in [-0.15, -0.1) is 11.3 Å². The van der Waals surface area contributed by atoms with Gasteiger partial charge in [-0.3, -0.25) is 5.10 Å². The summed E-state index contributed by atoms with van der Waals surface area (Å²) in [6.07, 6.45) is 0. The van der Waals surface area contributed by atoms with Crippen LogP contribution in [-0.2, 0) is 0 Å². The molecule has 2 aromatic heterocycles. The van der Waals surface area contributed by atoms with E-state index in [9.17, 15) is 4.39 Å². The van der Waals surface area contributed by atoms with Crippen molar-refractivity contribution in [2.75, 3.05) is 5.73 Å². The highest BCUT2D eigenvalue weighted by Gasteiger charge is 2.20. The van der Waals surface area contributed by atoms with Crippen LogP contribution in [0.2, 0.25) is 0 Å². The maximum atomic E-state index is 14.0. The van der Waals surface area contributed by atoms with Crippen LogP contribution in [0.15, 0.2) is 24.3 Å². The smallest absolute Gasteiger partial charge is 0.153 e. The van der Waals surface area contributed by atoms with Crippen molar-refractivity contribution >= 4 is 17.2 Å². The van der Waals surface area contributed by atoms with Gasteiger partial charge in [0.2, 0.25) is 0 Å². The van der Waals surface area contributed by atoms with Gasteiger partial charge >= 0.3 is 0 Å². The highest BCUT2D eigenvalue weighted by molar-refractivity contribution is 7.15. The van der Waals surface area contributed by atoms with Crippen molar-refractivity contribution in [3.8, 4) is 21.7 Å². The van der Waals surface area contributed by atoms with E-state index in [4.69, 9.17) is 5.73 Å². The molecule has 2 heterocycles. The third-order valence-electron chi connectivity index (χ3n) is 3.07. The average molecular weight is 288 g/mol. The molecule has 6 heteroatoms. The van der Waals surface area contributed by atoms with Crippen LogP contribution in [0.1, 0.15) is 10.7 Å². The Labute approximate surface area is 119 Å². The number of aromatic nitrogens is 3. The van der Waals surface area contributed by atoms with E-state index in [0.717, 1.165) is 21.3 Å². The van der Waals surface area contributed by atoms with E-state index < -0.39 is 0 Å². The third kappa shape index (κ3) is 1.98. The van der Waals surface area contributed by atoms with E-state index in [2.05, 4.69) is 15.2 Å². The van der Waals surface area contributed by atoms with E-state index in [-0.39, 0.29) is 11.6 Å². The first-order chi connectivity index (χ1) is 9.58. The molecular formula is C14H13FN4S. The summed E-state index contributed by atoms with van der Waals surface area (Å²) in [5, 5.41) is 7.87. The van der Waals surface area contributed by atoms with Crippen molar-refractivity contribution in [3.05, 3.63) is 40.8 Å². The Morgan fingerprint density at radius 1 is 1.25 bits per heavy atom. The lowest BCUT2D eigenvalue weighted by atomic mass is 10.0. The first-order valence-electron chi connectivity index (χ1n) is 6.11. The fraction of sp³-hybridized carbons (Fsp3) is 0.143. The number of halogens is 1. The van der Waals surface area contributed by atoms with E-state index in [0.29, 0.717) is 11.1 Å². The number of rotatable bonds is 2. The SMILES string of the molecule is Cc1nc(C)c(-c2[nH]nc(N)c2-c2ccccc2F)s1. The number of anilines is 1. The van der Waals surface area contributed by atoms with Crippen molar-refractivity contribution in [3.63, 3.8) is 0 Å². The van der Waals surface area contributed by atoms with Crippen molar-refractivity contribution in [1.82, 2.24) is 15.2 Å². The summed E-state index contributed by atoms with van der Waals surface area (Å²) in [4.78, 5) is 5.33. The summed E-state index contributed by atoms with van der Waals surface area (Å²) >= 11 is 1.54. The number of aryl methyl sites for hydroxylation is 2. The lowest BCUT2D eigenvalue weighted by Crippen LogP contribution is -1.91. The molecule has 0 aliphatic rings. The maximum Gasteiger partial charge on any atom is 0.153 e. The first-order valence-corrected chi connectivity index (χ1v) is 6.92. The number of H-pyrrole nitrogens is 1. The first kappa shape index (κ1) is 12.8. The zero-order valence-corrected chi connectivity index (χ0v) is 11.9. The minimum atomic E-state index is -0.319. The second-order valence-corrected chi connectivity index (χ2v) is 5.69. The Hall–Kier alpha value is -2.21. The van der Waals surface area contributed by atoms with Crippen LogP contribution in [0.4, 0.5) is 10.2 Å². The van der Waals surface area contributed by atoms with Gasteiger partial charge in [0.05, 0.1) is 26.8 Å². The van der Waals surface area contributed by atoms with Gasteiger partial charge in [-0.1, -0.05) is 18.2 Å². The molecule has 0 aliphatic carbocycles. The summed E-state index contributed by atoms with van der Waals surface area (Å²) in [5.74, 6) is -0.0312. The molecule has 3 N–H and O–H groups in total. The monoisotopic (exact) mass is 288 g/mol. The van der Waals surface area contributed by atoms with Crippen LogP contribution < -0.4 is 5.73 Å². The molecule has 1 aromatic carbocycles. The Balaban J connectivity index is 2.26. The van der Waals surface area contributed by atoms with Gasteiger partial charge in [-0.2, -0.15) is 5.10 Å². The van der Waals surface area contributed by atoms with Crippen LogP contribution in [0, 0.1) is 19.7 Å². The number of aromatic amines is 1. The Morgan fingerprint density at radius 3 is 2.65 bits per heavy atom. The van der Waals surface area contributed by atoms with Gasteiger partial charge < -0.3 is 5.73 Å². The Bertz CT molecular complexity index is 775. The van der Waals surface area contributed by atoms with Crippen LogP contribution in [-0.4, -0.2) is 15.2 Å². The van der Waals surface area contributed by atoms with Crippen LogP contribution in [0.25, 0.3) is 21.7 Å². The number of hydrogen-bond acceptors (Lipinski definition) is 4. The fourth-order valence-corrected chi connectivity index (χ4v) is 3.14. The molecule has 0 bridgehead atoms. The van der Waals surface area contributed by atoms with Gasteiger partial charge in [0.15, 0.2) is 5.82 Å². The zero-order valence-electron chi connectivity index (χ0n) is 11.1. The van der Waals surface area contributed by atoms with Crippen molar-refractivity contribution < 1.29 is 4.39 Å². The molecule has 102 valence electrons. The van der Waals surface area contributed by atoms with E-state index in [1.54, 1.807) is 18.2 Å². The summed E-state index contributed by atoms with van der Waals surface area (Å²) in [6, 6.07) is 6.54. The molecule has 0 spiro atoms. The summed E-state index contributed by atoms with van der Waals surface area (Å²) in [7, 11) is 0. The van der Waals surface area contributed by atoms with Crippen LogP contribution in [0.5, 0.6) is 0 Å². The molecule has 3 aromatic rings. The largest absolute Gasteiger partial charge is 0.382 e. The molecule has 0 radical (unpaired) electrons. The molecule has 0 aliphatic heterocycles. The molecule has 3 rings (SSSR count). The number of nitrogens with two attached hydrogens (primary N) is 1. The number of benzene rings is 1. The fourth-order valence-electron chi connectivity index (χ4n) is 2.22. The molecule has 0 amide bonds. The summed E-state index contributed by atoms with van der Waals surface area (Å²) in [6.45, 7) is 3.85. The Kier molecular flexibility index (Phi) is 3.02. The van der Waals surface area contributed by atoms with Crippen molar-refractivity contribution in [2.24, 2.45) is 0 Å². The van der Waals surface area contributed by atoms with Gasteiger partial charge in [-0.05, 0) is 19.9 Å². The number of nitrogen functional groups attached to an aromatic ring is 1. The number of nitrogens with zero attached hydrogens (tertiary/aromatic N) is 2. The van der Waals surface area contributed by atoms with E-state index in [1.807, 2.05) is 13.8 Å². The molecule has 20 heavy (non-hydrogen) atoms. The maximum absolute atomic E-state index is 14.0. The quantitative estimate of drug-likeness (QED) is 0.758. The summed E-state index contributed by atoms with van der Waals surface area (Å²) in [5.41, 5.74) is 8.55. The number of hydrogen-bond donors (Lipinski definition) is 2. The van der Waals surface area contributed by atoms with Crippen molar-refractivity contribution in [1.29, 1.82) is 0 Å². The molecule has 4 nitrogen and oxygen atoms in total. The summed E-state index contributed by atoms with van der Waals surface area (Å²) < 4.78 is 14.0. The average Bonchev–Trinajstić information content (AvgIpc) is 2.93. The number of nitrogens with one attached hydrogen (secondary N) is 1. The normalized spacial score (nSPS) is 10.9. The molecule has 0 fully saturated rings. The van der Waals surface area contributed by atoms with Crippen LogP contribution in [0.3, 0.4) is 0 Å². The van der Waals surface area contributed by atoms with Gasteiger partial charge in [0.25, 0.3) is 0 Å². The lowest BCUT2D eigenvalue weighted by Gasteiger charge is -2.04. The van der Waals surface area contributed by atoms with Gasteiger partial charge in [0.1, 0.15) is 5.82 Å². The van der Waals surface area contributed by atoms with Gasteiger partial charge in [-0.25, -0.2) is 9.37 Å². The van der Waals surface area contributed by atoms with Crippen LogP contribution >= 0.6 is 11.3 Å². The topological polar surface area (TPSA) is 67.6 Å². The van der Waals surface area contributed by atoms with E-state index >= 15 is 0 Å². The lowest BCUT2D eigenvalue weighted by molar-refractivity contribution is 0.631. The predicted molar refractivity (Wildman–Crippen MR) is 79.0 cm³/mol. The van der Waals surface area contributed by atoms with Crippen molar-refractivity contribution in [2.45, 2.75) is 13.8 Å². The number of thiazole rings is 1. The molecule has 0 saturated carbocycles. The molecular weight excluding hydrogens is 275 g/mol. The third-order valence-corrected chi connectivity index (χ3v) is 4.16. The zero-order chi connectivity index (χ0) is 14.3. The molecule has 0 saturated heterocycles. The minimum absolute atomic E-state index is 0.288. The molecule has 0 unspecified atom stereocenters. The minimum Gasteiger partial charge on any atom is -0.382 e.